The smallest absolute Gasteiger partial charge is 0.319 e. The minimum atomic E-state index is -0.810. The fourth-order valence-corrected chi connectivity index (χ4v) is 2.07. The van der Waals surface area contributed by atoms with E-state index in [1.54, 1.807) is 11.8 Å². The van der Waals surface area contributed by atoms with Crippen molar-refractivity contribution >= 4 is 29.4 Å². The highest BCUT2D eigenvalue weighted by molar-refractivity contribution is 7.98. The standard InChI is InChI=1S/C14H20N2O3S/c1-10(6-7-13(17)18)9-15-14(19)16-11-4-3-5-12(8-11)20-2/h3-5,8,10H,6-7,9H2,1-2H3,(H,17,18)(H2,15,16,19). The molecule has 1 aromatic carbocycles. The fourth-order valence-electron chi connectivity index (χ4n) is 1.61. The molecule has 0 aliphatic rings. The maximum absolute atomic E-state index is 11.7. The van der Waals surface area contributed by atoms with Crippen LogP contribution in [0.25, 0.3) is 0 Å². The maximum atomic E-state index is 11.7. The van der Waals surface area contributed by atoms with Crippen molar-refractivity contribution in [3.63, 3.8) is 0 Å². The molecule has 1 unspecified atom stereocenters. The van der Waals surface area contributed by atoms with Crippen molar-refractivity contribution in [1.29, 1.82) is 0 Å². The average Bonchev–Trinajstić information content (AvgIpc) is 2.43. The largest absolute Gasteiger partial charge is 0.481 e. The summed E-state index contributed by atoms with van der Waals surface area (Å²) in [7, 11) is 0. The van der Waals surface area contributed by atoms with Gasteiger partial charge in [-0.25, -0.2) is 4.79 Å². The highest BCUT2D eigenvalue weighted by atomic mass is 32.2. The third-order valence-corrected chi connectivity index (χ3v) is 3.52. The van der Waals surface area contributed by atoms with Crippen LogP contribution in [0.1, 0.15) is 19.8 Å². The van der Waals surface area contributed by atoms with Crippen molar-refractivity contribution in [2.24, 2.45) is 5.92 Å². The molecule has 0 aromatic heterocycles. The predicted molar refractivity (Wildman–Crippen MR) is 81.3 cm³/mol. The fraction of sp³-hybridized carbons (Fsp3) is 0.429. The Balaban J connectivity index is 2.34. The van der Waals surface area contributed by atoms with Gasteiger partial charge in [-0.15, -0.1) is 11.8 Å². The molecule has 0 heterocycles. The van der Waals surface area contributed by atoms with Gasteiger partial charge in [0, 0.05) is 23.5 Å². The summed E-state index contributed by atoms with van der Waals surface area (Å²) in [5.41, 5.74) is 0.743. The molecule has 110 valence electrons. The maximum Gasteiger partial charge on any atom is 0.319 e. The van der Waals surface area contributed by atoms with Crippen molar-refractivity contribution in [3.05, 3.63) is 24.3 Å². The first kappa shape index (κ1) is 16.4. The number of amides is 2. The van der Waals surface area contributed by atoms with Gasteiger partial charge < -0.3 is 15.7 Å². The van der Waals surface area contributed by atoms with E-state index >= 15 is 0 Å². The van der Waals surface area contributed by atoms with Crippen LogP contribution in [0.4, 0.5) is 10.5 Å². The van der Waals surface area contributed by atoms with Crippen LogP contribution in [0, 0.1) is 5.92 Å². The van der Waals surface area contributed by atoms with E-state index in [9.17, 15) is 9.59 Å². The number of hydrogen-bond acceptors (Lipinski definition) is 3. The van der Waals surface area contributed by atoms with Crippen LogP contribution in [-0.2, 0) is 4.79 Å². The van der Waals surface area contributed by atoms with Crippen LogP contribution in [0.15, 0.2) is 29.2 Å². The van der Waals surface area contributed by atoms with Gasteiger partial charge in [0.2, 0.25) is 0 Å². The molecule has 2 amide bonds. The topological polar surface area (TPSA) is 78.4 Å². The van der Waals surface area contributed by atoms with E-state index in [-0.39, 0.29) is 18.4 Å². The Morgan fingerprint density at radius 2 is 2.15 bits per heavy atom. The molecule has 6 heteroatoms. The van der Waals surface area contributed by atoms with Crippen molar-refractivity contribution in [1.82, 2.24) is 5.32 Å². The van der Waals surface area contributed by atoms with E-state index in [0.717, 1.165) is 10.6 Å². The molecule has 0 saturated carbocycles. The highest BCUT2D eigenvalue weighted by Gasteiger charge is 2.08. The number of carbonyl (C=O) groups excluding carboxylic acids is 1. The van der Waals surface area contributed by atoms with Crippen LogP contribution in [0.5, 0.6) is 0 Å². The lowest BCUT2D eigenvalue weighted by molar-refractivity contribution is -0.137. The lowest BCUT2D eigenvalue weighted by Gasteiger charge is -2.12. The number of nitrogens with one attached hydrogen (secondary N) is 2. The average molecular weight is 296 g/mol. The SMILES string of the molecule is CSc1cccc(NC(=O)NCC(C)CCC(=O)O)c1. The lowest BCUT2D eigenvalue weighted by atomic mass is 10.1. The molecule has 0 spiro atoms. The van der Waals surface area contributed by atoms with Crippen molar-refractivity contribution in [3.8, 4) is 0 Å². The summed E-state index contributed by atoms with van der Waals surface area (Å²) in [5, 5.41) is 14.1. The summed E-state index contributed by atoms with van der Waals surface area (Å²) in [6.07, 6.45) is 2.65. The van der Waals surface area contributed by atoms with Gasteiger partial charge in [0.05, 0.1) is 0 Å². The number of rotatable bonds is 7. The molecular formula is C14H20N2O3S. The first-order chi connectivity index (χ1) is 9.51. The van der Waals surface area contributed by atoms with Crippen molar-refractivity contribution in [2.45, 2.75) is 24.7 Å². The summed E-state index contributed by atoms with van der Waals surface area (Å²) < 4.78 is 0. The molecule has 20 heavy (non-hydrogen) atoms. The zero-order valence-corrected chi connectivity index (χ0v) is 12.5. The molecule has 0 radical (unpaired) electrons. The van der Waals surface area contributed by atoms with Gasteiger partial charge in [0.15, 0.2) is 0 Å². The molecule has 1 aromatic rings. The van der Waals surface area contributed by atoms with E-state index in [2.05, 4.69) is 10.6 Å². The second-order valence-corrected chi connectivity index (χ2v) is 5.48. The summed E-state index contributed by atoms with van der Waals surface area (Å²) in [5.74, 6) is -0.676. The summed E-state index contributed by atoms with van der Waals surface area (Å²) >= 11 is 1.61. The minimum Gasteiger partial charge on any atom is -0.481 e. The lowest BCUT2D eigenvalue weighted by Crippen LogP contribution is -2.32. The normalized spacial score (nSPS) is 11.7. The van der Waals surface area contributed by atoms with Gasteiger partial charge in [-0.05, 0) is 36.8 Å². The zero-order valence-electron chi connectivity index (χ0n) is 11.7. The molecule has 1 rings (SSSR count). The van der Waals surface area contributed by atoms with Gasteiger partial charge in [-0.3, -0.25) is 4.79 Å². The minimum absolute atomic E-state index is 0.125. The van der Waals surface area contributed by atoms with Gasteiger partial charge in [-0.1, -0.05) is 13.0 Å². The van der Waals surface area contributed by atoms with E-state index < -0.39 is 5.97 Å². The Bertz CT molecular complexity index is 465. The second-order valence-electron chi connectivity index (χ2n) is 4.60. The number of carbonyl (C=O) groups is 2. The summed E-state index contributed by atoms with van der Waals surface area (Å²) in [4.78, 5) is 23.2. The molecule has 0 saturated heterocycles. The molecule has 0 fully saturated rings. The summed E-state index contributed by atoms with van der Waals surface area (Å²) in [6, 6.07) is 7.31. The quantitative estimate of drug-likeness (QED) is 0.676. The van der Waals surface area contributed by atoms with Gasteiger partial charge in [0.25, 0.3) is 0 Å². The van der Waals surface area contributed by atoms with Gasteiger partial charge in [-0.2, -0.15) is 0 Å². The van der Waals surface area contributed by atoms with Crippen molar-refractivity contribution in [2.75, 3.05) is 18.1 Å². The molecule has 1 atom stereocenters. The third-order valence-electron chi connectivity index (χ3n) is 2.79. The van der Waals surface area contributed by atoms with Crippen LogP contribution in [0.3, 0.4) is 0 Å². The first-order valence-electron chi connectivity index (χ1n) is 6.42. The predicted octanol–water partition coefficient (Wildman–Crippen LogP) is 3.03. The summed E-state index contributed by atoms with van der Waals surface area (Å²) in [6.45, 7) is 2.37. The molecule has 3 N–H and O–H groups in total. The molecule has 5 nitrogen and oxygen atoms in total. The Labute approximate surface area is 123 Å². The van der Waals surface area contributed by atoms with Gasteiger partial charge in [0.1, 0.15) is 0 Å². The monoisotopic (exact) mass is 296 g/mol. The zero-order chi connectivity index (χ0) is 15.0. The molecule has 0 bridgehead atoms. The van der Waals surface area contributed by atoms with E-state index in [1.807, 2.05) is 37.4 Å². The highest BCUT2D eigenvalue weighted by Crippen LogP contribution is 2.18. The van der Waals surface area contributed by atoms with Gasteiger partial charge >= 0.3 is 12.0 Å². The van der Waals surface area contributed by atoms with Crippen LogP contribution >= 0.6 is 11.8 Å². The number of hydrogen-bond donors (Lipinski definition) is 3. The van der Waals surface area contributed by atoms with E-state index in [0.29, 0.717) is 13.0 Å². The molecule has 0 aliphatic heterocycles. The molecular weight excluding hydrogens is 276 g/mol. The number of anilines is 1. The third kappa shape index (κ3) is 6.47. The number of urea groups is 1. The first-order valence-corrected chi connectivity index (χ1v) is 7.64. The second kappa shape index (κ2) is 8.47. The van der Waals surface area contributed by atoms with E-state index in [4.69, 9.17) is 5.11 Å². The molecule has 0 aliphatic carbocycles. The van der Waals surface area contributed by atoms with Crippen molar-refractivity contribution < 1.29 is 14.7 Å². The Morgan fingerprint density at radius 1 is 1.40 bits per heavy atom. The van der Waals surface area contributed by atoms with Crippen LogP contribution in [0.2, 0.25) is 0 Å². The Morgan fingerprint density at radius 3 is 2.80 bits per heavy atom. The Kier molecular flexibility index (Phi) is 6.93. The van der Waals surface area contributed by atoms with Crippen LogP contribution < -0.4 is 10.6 Å². The number of benzene rings is 1. The Hall–Kier alpha value is -1.69. The number of thioether (sulfide) groups is 1. The van der Waals surface area contributed by atoms with E-state index in [1.165, 1.54) is 0 Å². The van der Waals surface area contributed by atoms with Crippen LogP contribution in [-0.4, -0.2) is 29.9 Å². The number of carboxylic acids is 1. The number of aliphatic carboxylic acids is 1. The number of carboxylic acid groups (broad SMARTS) is 1.